The Hall–Kier alpha value is -1.31. The quantitative estimate of drug-likeness (QED) is 0.214. The van der Waals surface area contributed by atoms with Gasteiger partial charge in [0.1, 0.15) is 0 Å². The number of hydrogen-bond donors (Lipinski definition) is 0. The Bertz CT molecular complexity index is 247. The Balaban J connectivity index is 3.60. The fraction of sp³-hybridized carbons (Fsp3) is 0.455. The van der Waals surface area contributed by atoms with Crippen molar-refractivity contribution >= 4 is 5.97 Å². The topological polar surface area (TPSA) is 35.5 Å². The highest BCUT2D eigenvalue weighted by molar-refractivity contribution is 5.81. The zero-order chi connectivity index (χ0) is 10.8. The van der Waals surface area contributed by atoms with Crippen molar-refractivity contribution in [2.24, 2.45) is 0 Å². The molecule has 0 heterocycles. The molecule has 0 amide bonds. The van der Waals surface area contributed by atoms with Crippen LogP contribution in [-0.4, -0.2) is 25.8 Å². The highest BCUT2D eigenvalue weighted by Crippen LogP contribution is 1.87. The van der Waals surface area contributed by atoms with Gasteiger partial charge in [0, 0.05) is 0 Å². The summed E-state index contributed by atoms with van der Waals surface area (Å²) < 4.78 is 9.80. The smallest absolute Gasteiger partial charge is 0.338 e. The molecule has 3 nitrogen and oxygen atoms in total. The Morgan fingerprint density at radius 3 is 2.86 bits per heavy atom. The van der Waals surface area contributed by atoms with Gasteiger partial charge in [-0.2, -0.15) is 0 Å². The van der Waals surface area contributed by atoms with Crippen LogP contribution in [0, 0.1) is 0 Å². The highest BCUT2D eigenvalue weighted by atomic mass is 16.5. The Kier molecular flexibility index (Phi) is 7.52. The number of rotatable bonds is 6. The summed E-state index contributed by atoms with van der Waals surface area (Å²) in [5.41, 5.74) is 3.63. The molecule has 0 aliphatic rings. The van der Waals surface area contributed by atoms with Gasteiger partial charge >= 0.3 is 5.97 Å². The average molecular weight is 196 g/mol. The molecule has 0 aromatic rings. The third-order valence-corrected chi connectivity index (χ3v) is 1.16. The largest absolute Gasteiger partial charge is 0.462 e. The summed E-state index contributed by atoms with van der Waals surface area (Å²) in [7, 11) is 0. The number of hydrogen-bond acceptors (Lipinski definition) is 3. The molecule has 78 valence electrons. The minimum Gasteiger partial charge on any atom is -0.462 e. The van der Waals surface area contributed by atoms with Crippen LogP contribution >= 0.6 is 0 Å². The van der Waals surface area contributed by atoms with Crippen LogP contribution in [0.2, 0.25) is 0 Å². The van der Waals surface area contributed by atoms with Gasteiger partial charge in [0.2, 0.25) is 0 Å². The van der Waals surface area contributed by atoms with Gasteiger partial charge in [0.25, 0.3) is 0 Å². The van der Waals surface area contributed by atoms with Crippen LogP contribution in [0.3, 0.4) is 0 Å². The summed E-state index contributed by atoms with van der Waals surface area (Å²) in [5.74, 6) is -0.386. The summed E-state index contributed by atoms with van der Waals surface area (Å²) in [5, 5.41) is 0. The van der Waals surface area contributed by atoms with Gasteiger partial charge in [-0.1, -0.05) is 12.2 Å². The van der Waals surface area contributed by atoms with E-state index in [1.54, 1.807) is 13.0 Å². The van der Waals surface area contributed by atoms with Crippen LogP contribution in [0.5, 0.6) is 0 Å². The lowest BCUT2D eigenvalue weighted by Gasteiger charge is -1.96. The maximum Gasteiger partial charge on any atom is 0.338 e. The molecule has 0 aromatic heterocycles. The van der Waals surface area contributed by atoms with E-state index in [4.69, 9.17) is 4.74 Å². The molecule has 0 radical (unpaired) electrons. The van der Waals surface area contributed by atoms with Crippen molar-refractivity contribution in [2.75, 3.05) is 19.8 Å². The van der Waals surface area contributed by atoms with Gasteiger partial charge in [-0.25, -0.2) is 4.79 Å². The molecule has 0 spiro atoms. The highest BCUT2D eigenvalue weighted by Gasteiger charge is 1.89. The van der Waals surface area contributed by atoms with Crippen molar-refractivity contribution in [3.63, 3.8) is 0 Å². The van der Waals surface area contributed by atoms with Gasteiger partial charge < -0.3 is 9.47 Å². The zero-order valence-corrected chi connectivity index (χ0v) is 8.71. The lowest BCUT2D eigenvalue weighted by molar-refractivity contribution is -0.137. The third kappa shape index (κ3) is 8.78. The molecule has 0 unspecified atom stereocenters. The first-order valence-electron chi connectivity index (χ1n) is 4.46. The first-order chi connectivity index (χ1) is 6.66. The minimum absolute atomic E-state index is 0.378. The molecule has 0 rings (SSSR count). The minimum atomic E-state index is -0.386. The Labute approximate surface area is 84.7 Å². The molecule has 0 saturated heterocycles. The van der Waals surface area contributed by atoms with Gasteiger partial charge in [0.05, 0.1) is 25.9 Å². The predicted octanol–water partition coefficient (Wildman–Crippen LogP) is 1.85. The molecule has 0 bridgehead atoms. The van der Waals surface area contributed by atoms with Gasteiger partial charge in [0.15, 0.2) is 0 Å². The van der Waals surface area contributed by atoms with Crippen molar-refractivity contribution < 1.29 is 14.3 Å². The van der Waals surface area contributed by atoms with E-state index in [0.717, 1.165) is 5.57 Å². The SMILES string of the molecule is C=C(C)COCC=C=CC(=O)OCC. The van der Waals surface area contributed by atoms with E-state index in [-0.39, 0.29) is 5.97 Å². The van der Waals surface area contributed by atoms with Crippen LogP contribution in [0.15, 0.2) is 30.0 Å². The Morgan fingerprint density at radius 2 is 2.29 bits per heavy atom. The predicted molar refractivity (Wildman–Crippen MR) is 54.9 cm³/mol. The van der Waals surface area contributed by atoms with E-state index in [0.29, 0.717) is 19.8 Å². The van der Waals surface area contributed by atoms with E-state index in [2.05, 4.69) is 17.0 Å². The summed E-state index contributed by atoms with van der Waals surface area (Å²) in [6.45, 7) is 8.65. The number of esters is 1. The molecule has 0 aliphatic heterocycles. The molecular formula is C11H16O3. The van der Waals surface area contributed by atoms with Crippen molar-refractivity contribution in [1.82, 2.24) is 0 Å². The first-order valence-corrected chi connectivity index (χ1v) is 4.46. The van der Waals surface area contributed by atoms with Crippen LogP contribution in [0.4, 0.5) is 0 Å². The monoisotopic (exact) mass is 196 g/mol. The second-order valence-corrected chi connectivity index (χ2v) is 2.74. The second kappa shape index (κ2) is 8.30. The first kappa shape index (κ1) is 12.7. The van der Waals surface area contributed by atoms with Crippen molar-refractivity contribution in [2.45, 2.75) is 13.8 Å². The fourth-order valence-electron chi connectivity index (χ4n) is 0.651. The molecular weight excluding hydrogens is 180 g/mol. The lowest BCUT2D eigenvalue weighted by atomic mass is 10.4. The third-order valence-electron chi connectivity index (χ3n) is 1.16. The van der Waals surface area contributed by atoms with Crippen molar-refractivity contribution in [3.05, 3.63) is 30.0 Å². The maximum absolute atomic E-state index is 10.8. The van der Waals surface area contributed by atoms with Gasteiger partial charge in [-0.05, 0) is 19.9 Å². The Morgan fingerprint density at radius 1 is 1.57 bits per heavy atom. The van der Waals surface area contributed by atoms with Crippen LogP contribution in [0.1, 0.15) is 13.8 Å². The van der Waals surface area contributed by atoms with Crippen LogP contribution in [-0.2, 0) is 14.3 Å². The molecule has 0 aromatic carbocycles. The van der Waals surface area contributed by atoms with Gasteiger partial charge in [-0.3, -0.25) is 0 Å². The lowest BCUT2D eigenvalue weighted by Crippen LogP contribution is -1.98. The van der Waals surface area contributed by atoms with Crippen LogP contribution in [0.25, 0.3) is 0 Å². The zero-order valence-electron chi connectivity index (χ0n) is 8.71. The van der Waals surface area contributed by atoms with Crippen LogP contribution < -0.4 is 0 Å². The van der Waals surface area contributed by atoms with E-state index in [1.807, 2.05) is 6.92 Å². The second-order valence-electron chi connectivity index (χ2n) is 2.74. The maximum atomic E-state index is 10.8. The molecule has 0 N–H and O–H groups in total. The molecule has 0 fully saturated rings. The van der Waals surface area contributed by atoms with E-state index >= 15 is 0 Å². The molecule has 14 heavy (non-hydrogen) atoms. The number of ether oxygens (including phenoxy) is 2. The standard InChI is InChI=1S/C11H16O3/c1-4-14-11(12)7-5-6-8-13-9-10(2)3/h6-7H,2,4,8-9H2,1,3H3. The summed E-state index contributed by atoms with van der Waals surface area (Å²) in [4.78, 5) is 10.8. The van der Waals surface area contributed by atoms with Gasteiger partial charge in [-0.15, -0.1) is 5.73 Å². The molecule has 0 atom stereocenters. The molecule has 0 aliphatic carbocycles. The van der Waals surface area contributed by atoms with E-state index < -0.39 is 0 Å². The van der Waals surface area contributed by atoms with Crippen molar-refractivity contribution in [3.8, 4) is 0 Å². The summed E-state index contributed by atoms with van der Waals surface area (Å²) in [6.07, 6.45) is 2.87. The number of carbonyl (C=O) groups excluding carboxylic acids is 1. The normalized spacial score (nSPS) is 8.71. The average Bonchev–Trinajstić information content (AvgIpc) is 2.11. The summed E-state index contributed by atoms with van der Waals surface area (Å²) in [6, 6.07) is 0. The molecule has 3 heteroatoms. The van der Waals surface area contributed by atoms with Crippen molar-refractivity contribution in [1.29, 1.82) is 0 Å². The summed E-state index contributed by atoms with van der Waals surface area (Å²) >= 11 is 0. The molecule has 0 saturated carbocycles. The fourth-order valence-corrected chi connectivity index (χ4v) is 0.651. The number of carbonyl (C=O) groups is 1. The van der Waals surface area contributed by atoms with E-state index in [1.165, 1.54) is 6.08 Å². The van der Waals surface area contributed by atoms with E-state index in [9.17, 15) is 4.79 Å².